The fourth-order valence-corrected chi connectivity index (χ4v) is 0. The Bertz CT molecular complexity index is 17.7. The molecule has 0 aliphatic heterocycles. The van der Waals surface area contributed by atoms with Crippen molar-refractivity contribution >= 4 is 37.7 Å². The van der Waals surface area contributed by atoms with Crippen molar-refractivity contribution in [1.82, 2.24) is 0 Å². The van der Waals surface area contributed by atoms with Gasteiger partial charge in [-0.3, -0.25) is 0 Å². The van der Waals surface area contributed by atoms with Gasteiger partial charge in [-0.05, 0) is 0 Å². The van der Waals surface area contributed by atoms with E-state index in [4.69, 9.17) is 0 Å². The van der Waals surface area contributed by atoms with Crippen molar-refractivity contribution in [3.63, 3.8) is 0 Å². The van der Waals surface area contributed by atoms with Crippen molar-refractivity contribution in [2.45, 2.75) is 0 Å². The molecule has 34 valence electrons. The summed E-state index contributed by atoms with van der Waals surface area (Å²) in [5.41, 5.74) is 0. The molecule has 0 aliphatic carbocycles. The number of hydrogen-bond donors (Lipinski definition) is 0. The van der Waals surface area contributed by atoms with E-state index in [1.54, 1.807) is 0 Å². The first-order chi connectivity index (χ1) is 0. The third-order valence-electron chi connectivity index (χ3n) is 0. The Morgan fingerprint density at radius 1 is 1.20 bits per heavy atom. The van der Waals surface area contributed by atoms with E-state index < -0.39 is 0 Å². The van der Waals surface area contributed by atoms with Crippen molar-refractivity contribution in [3.8, 4) is 0 Å². The molecule has 0 aromatic carbocycles. The third kappa shape index (κ3) is 18.5. The van der Waals surface area contributed by atoms with Gasteiger partial charge in [-0.25, -0.2) is 0 Å². The van der Waals surface area contributed by atoms with E-state index in [9.17, 15) is 0 Å². The minimum atomic E-state index is 0. The van der Waals surface area contributed by atoms with E-state index in [1.807, 2.05) is 0 Å². The van der Waals surface area contributed by atoms with Gasteiger partial charge in [0.05, 0.1) is 0 Å². The van der Waals surface area contributed by atoms with E-state index in [0.29, 0.717) is 0 Å². The van der Waals surface area contributed by atoms with Crippen molar-refractivity contribution in [2.75, 3.05) is 0 Å². The van der Waals surface area contributed by atoms with E-state index in [1.165, 1.54) is 0 Å². The average molecular weight is 263 g/mol. The molecule has 0 aliphatic rings. The molecule has 0 bridgehead atoms. The molecule has 0 atom stereocenters. The zero-order valence-corrected chi connectivity index (χ0v) is 9.21. The fourth-order valence-electron chi connectivity index (χ4n) is 0. The molecular weight excluding hydrogens is 261 g/mol. The maximum Gasteiger partial charge on any atom is 2.00 e. The van der Waals surface area contributed by atoms with Gasteiger partial charge in [0.25, 0.3) is 0 Å². The van der Waals surface area contributed by atoms with Gasteiger partial charge in [-0.1, -0.05) is 0 Å². The molecule has 5 heteroatoms. The molecule has 0 amide bonds. The van der Waals surface area contributed by atoms with Crippen LogP contribution in [-0.2, 0) is 72.1 Å². The zero-order valence-electron chi connectivity index (χ0n) is 4.23. The van der Waals surface area contributed by atoms with Crippen molar-refractivity contribution in [1.29, 1.82) is 0 Å². The molecule has 0 aromatic rings. The largest absolute Gasteiger partial charge is 2.00 e. The van der Waals surface area contributed by atoms with Crippen LogP contribution in [0.25, 0.3) is 0 Å². The van der Waals surface area contributed by atoms with Gasteiger partial charge in [-0.2, -0.15) is 0 Å². The zero-order chi connectivity index (χ0) is 0. The van der Waals surface area contributed by atoms with E-state index >= 15 is 0 Å². The summed E-state index contributed by atoms with van der Waals surface area (Å²) in [6.45, 7) is 0. The maximum absolute atomic E-state index is 0. The summed E-state index contributed by atoms with van der Waals surface area (Å²) in [6, 6.07) is 0. The van der Waals surface area contributed by atoms with Gasteiger partial charge in [0.15, 0.2) is 0 Å². The van der Waals surface area contributed by atoms with Crippen LogP contribution >= 0.6 is 0 Å². The van der Waals surface area contributed by atoms with E-state index in [2.05, 4.69) is 0 Å². The second-order valence-electron chi connectivity index (χ2n) is 0. The summed E-state index contributed by atoms with van der Waals surface area (Å²) in [5, 5.41) is 0. The molecule has 0 heterocycles. The molecule has 0 spiro atoms. The van der Waals surface area contributed by atoms with Crippen LogP contribution in [0.2, 0.25) is 0 Å². The molecule has 5 heavy (non-hydrogen) atoms. The summed E-state index contributed by atoms with van der Waals surface area (Å²) >= 11 is 0. The first kappa shape index (κ1) is 39.1. The van der Waals surface area contributed by atoms with Crippen LogP contribution in [-0.4, -0.2) is 37.7 Å². The third-order valence-corrected chi connectivity index (χ3v) is 0. The molecule has 0 unspecified atom stereocenters. The Morgan fingerprint density at radius 2 is 1.20 bits per heavy atom. The predicted molar refractivity (Wildman–Crippen MR) is 7.98 cm³/mol. The van der Waals surface area contributed by atoms with Crippen LogP contribution in [0.4, 0.5) is 0 Å². The summed E-state index contributed by atoms with van der Waals surface area (Å²) < 4.78 is 0. The van der Waals surface area contributed by atoms with Crippen LogP contribution in [0.1, 0.15) is 2.85 Å². The average Bonchev–Trinajstić information content (AvgIpc) is 0. The normalized spacial score (nSPS) is 0. The summed E-state index contributed by atoms with van der Waals surface area (Å²) in [7, 11) is 0. The van der Waals surface area contributed by atoms with Crippen LogP contribution in [0.5, 0.6) is 0 Å². The topological polar surface area (TPSA) is 0 Å². The molecule has 2 radical (unpaired) electrons. The van der Waals surface area contributed by atoms with Crippen molar-refractivity contribution in [3.05, 3.63) is 0 Å². The minimum absolute atomic E-state index is 0. The van der Waals surface area contributed by atoms with Crippen LogP contribution in [0, 0.1) is 0 Å². The molecule has 0 N–H and O–H groups in total. The quantitative estimate of drug-likeness (QED) is 0.532. The van der Waals surface area contributed by atoms with Gasteiger partial charge < -0.3 is 2.85 Å². The summed E-state index contributed by atoms with van der Waals surface area (Å²) in [5.74, 6) is 0. The SMILES string of the molecule is [Ca+2].[Co].[H-].[H-].[Mn].[Ni].[Ti]. The van der Waals surface area contributed by atoms with Gasteiger partial charge in [0.1, 0.15) is 0 Å². The monoisotopic (exact) mass is 262 g/mol. The first-order valence-corrected chi connectivity index (χ1v) is 0. The molecule has 0 saturated heterocycles. The molecule has 0 aromatic heterocycles. The van der Waals surface area contributed by atoms with Crippen LogP contribution in [0.3, 0.4) is 0 Å². The predicted octanol–water partition coefficient (Wildman–Crippen LogP) is -0.166. The van der Waals surface area contributed by atoms with Gasteiger partial charge in [0, 0.05) is 72.1 Å². The fraction of sp³-hybridized carbons (Fsp3) is 0. The van der Waals surface area contributed by atoms with Crippen molar-refractivity contribution in [2.24, 2.45) is 0 Å². The second-order valence-corrected chi connectivity index (χ2v) is 0. The first-order valence-electron chi connectivity index (χ1n) is 0. The van der Waals surface area contributed by atoms with Gasteiger partial charge in [0.2, 0.25) is 0 Å². The number of rotatable bonds is 0. The minimum Gasteiger partial charge on any atom is -1.00 e. The standard InChI is InChI=1S/Ca.Co.Mn.Ni.Ti.2H/q+2;;;;;2*-1. The van der Waals surface area contributed by atoms with E-state index in [-0.39, 0.29) is 113 Å². The molecule has 0 rings (SSSR count). The molecule has 0 saturated carbocycles. The van der Waals surface area contributed by atoms with Crippen molar-refractivity contribution < 1.29 is 74.9 Å². The molecule has 0 fully saturated rings. The summed E-state index contributed by atoms with van der Waals surface area (Å²) in [6.07, 6.45) is 0. The summed E-state index contributed by atoms with van der Waals surface area (Å²) in [4.78, 5) is 0. The smallest absolute Gasteiger partial charge is 1.00 e. The van der Waals surface area contributed by atoms with Crippen LogP contribution in [0.15, 0.2) is 0 Å². The Morgan fingerprint density at radius 3 is 1.20 bits per heavy atom. The number of hydrogen-bond acceptors (Lipinski definition) is 0. The Labute approximate surface area is 110 Å². The Hall–Kier alpha value is 3.49. The molecular formula is H2CaCoMnNiTi. The van der Waals surface area contributed by atoms with E-state index in [0.717, 1.165) is 0 Å². The maximum atomic E-state index is 0. The Balaban J connectivity index is 0. The Kier molecular flexibility index (Phi) is 202. The van der Waals surface area contributed by atoms with Crippen LogP contribution < -0.4 is 0 Å². The van der Waals surface area contributed by atoms with Gasteiger partial charge >= 0.3 is 37.7 Å². The second kappa shape index (κ2) is 25.9. The molecule has 0 nitrogen and oxygen atoms in total. The van der Waals surface area contributed by atoms with Gasteiger partial charge in [-0.15, -0.1) is 0 Å².